The molecule has 2 heterocycles. The number of ether oxygens (including phenoxy) is 1. The van der Waals surface area contributed by atoms with Crippen LogP contribution >= 0.6 is 31.9 Å². The van der Waals surface area contributed by atoms with E-state index in [0.717, 1.165) is 26.0 Å². The first kappa shape index (κ1) is 17.1. The molecular formula is C17H15Br2N3O2. The van der Waals surface area contributed by atoms with Gasteiger partial charge in [-0.25, -0.2) is 9.97 Å². The van der Waals surface area contributed by atoms with Crippen molar-refractivity contribution in [2.45, 2.75) is 13.3 Å². The van der Waals surface area contributed by atoms with Gasteiger partial charge in [0.2, 0.25) is 0 Å². The van der Waals surface area contributed by atoms with Gasteiger partial charge in [-0.1, -0.05) is 0 Å². The normalized spacial score (nSPS) is 11.0. The van der Waals surface area contributed by atoms with Gasteiger partial charge in [0.25, 0.3) is 5.56 Å². The molecule has 0 unspecified atom stereocenters. The zero-order chi connectivity index (χ0) is 17.4. The van der Waals surface area contributed by atoms with Crippen molar-refractivity contribution in [1.82, 2.24) is 14.5 Å². The lowest BCUT2D eigenvalue weighted by molar-refractivity contribution is 0.409. The summed E-state index contributed by atoms with van der Waals surface area (Å²) in [6, 6.07) is 5.72. The van der Waals surface area contributed by atoms with Gasteiger partial charge >= 0.3 is 0 Å². The van der Waals surface area contributed by atoms with Gasteiger partial charge in [-0.3, -0.25) is 4.79 Å². The van der Waals surface area contributed by atoms with E-state index >= 15 is 0 Å². The molecule has 7 heteroatoms. The summed E-state index contributed by atoms with van der Waals surface area (Å²) in [5.74, 6) is 1.39. The Morgan fingerprint density at radius 1 is 1.21 bits per heavy atom. The van der Waals surface area contributed by atoms with Crippen LogP contribution in [-0.4, -0.2) is 21.6 Å². The number of imidazole rings is 1. The van der Waals surface area contributed by atoms with E-state index in [0.29, 0.717) is 23.5 Å². The Morgan fingerprint density at radius 3 is 2.50 bits per heavy atom. The number of rotatable bonds is 3. The number of hydrogen-bond acceptors (Lipinski definition) is 4. The molecule has 0 saturated heterocycles. The van der Waals surface area contributed by atoms with Crippen LogP contribution in [0.25, 0.3) is 11.4 Å². The predicted molar refractivity (Wildman–Crippen MR) is 99.8 cm³/mol. The maximum absolute atomic E-state index is 12.7. The number of hydrogen-bond donors (Lipinski definition) is 0. The molecule has 2 aliphatic heterocycles. The van der Waals surface area contributed by atoms with Crippen molar-refractivity contribution in [3.05, 3.63) is 60.6 Å². The van der Waals surface area contributed by atoms with Crippen LogP contribution in [0.1, 0.15) is 17.0 Å². The van der Waals surface area contributed by atoms with Crippen LogP contribution in [0.2, 0.25) is 0 Å². The van der Waals surface area contributed by atoms with Crippen LogP contribution in [-0.2, 0) is 13.5 Å². The molecule has 5 nitrogen and oxygen atoms in total. The van der Waals surface area contributed by atoms with E-state index in [1.54, 1.807) is 24.9 Å². The molecule has 0 aromatic heterocycles. The number of methoxy groups -OCH3 is 1. The molecule has 0 N–H and O–H groups in total. The van der Waals surface area contributed by atoms with E-state index in [-0.39, 0.29) is 5.56 Å². The van der Waals surface area contributed by atoms with Crippen LogP contribution in [0.5, 0.6) is 5.75 Å². The molecule has 0 aliphatic carbocycles. The fourth-order valence-electron chi connectivity index (χ4n) is 2.65. The monoisotopic (exact) mass is 451 g/mol. The average molecular weight is 453 g/mol. The van der Waals surface area contributed by atoms with Gasteiger partial charge in [0.15, 0.2) is 0 Å². The fourth-order valence-corrected chi connectivity index (χ4v) is 4.25. The van der Waals surface area contributed by atoms with Crippen LogP contribution in [0.3, 0.4) is 0 Å². The highest BCUT2D eigenvalue weighted by atomic mass is 79.9. The predicted octanol–water partition coefficient (Wildman–Crippen LogP) is 3.71. The first-order valence-electron chi connectivity index (χ1n) is 7.25. The Morgan fingerprint density at radius 2 is 1.88 bits per heavy atom. The molecule has 0 fully saturated rings. The second kappa shape index (κ2) is 6.64. The Hall–Kier alpha value is -1.73. The minimum absolute atomic E-state index is 0.0760. The number of fused-ring (bicyclic) bond motifs is 1. The lowest BCUT2D eigenvalue weighted by Gasteiger charge is -2.09. The topological polar surface area (TPSA) is 57.0 Å². The number of aryl methyl sites for hydroxylation is 2. The van der Waals surface area contributed by atoms with Crippen LogP contribution < -0.4 is 10.3 Å². The maximum Gasteiger partial charge on any atom is 0.256 e. The maximum atomic E-state index is 12.7. The third kappa shape index (κ3) is 3.10. The first-order chi connectivity index (χ1) is 11.4. The molecule has 1 aromatic carbocycles. The van der Waals surface area contributed by atoms with E-state index in [2.05, 4.69) is 41.8 Å². The van der Waals surface area contributed by atoms with Crippen molar-refractivity contribution in [1.29, 1.82) is 0 Å². The van der Waals surface area contributed by atoms with E-state index in [9.17, 15) is 4.79 Å². The SMILES string of the molecule is COc1c(Br)cc(Cc2c3nc(C)nc-3ccn(C)c2=O)cc1Br. The largest absolute Gasteiger partial charge is 0.494 e. The Balaban J connectivity index is 2.17. The van der Waals surface area contributed by atoms with Crippen molar-refractivity contribution in [3.63, 3.8) is 0 Å². The number of nitrogens with zero attached hydrogens (tertiary/aromatic N) is 3. The summed E-state index contributed by atoms with van der Waals surface area (Å²) in [6.45, 7) is 1.83. The van der Waals surface area contributed by atoms with Crippen LogP contribution in [0.4, 0.5) is 0 Å². The second-order valence-corrected chi connectivity index (χ2v) is 7.19. The molecule has 0 radical (unpaired) electrons. The summed E-state index contributed by atoms with van der Waals surface area (Å²) in [5.41, 5.74) is 2.91. The second-order valence-electron chi connectivity index (χ2n) is 5.48. The van der Waals surface area contributed by atoms with Gasteiger partial charge in [0.05, 0.1) is 27.4 Å². The van der Waals surface area contributed by atoms with Gasteiger partial charge < -0.3 is 9.30 Å². The lowest BCUT2D eigenvalue weighted by atomic mass is 10.0. The molecule has 124 valence electrons. The van der Waals surface area contributed by atoms with Crippen molar-refractivity contribution < 1.29 is 4.74 Å². The third-order valence-corrected chi connectivity index (χ3v) is 4.94. The summed E-state index contributed by atoms with van der Waals surface area (Å²) in [5, 5.41) is 0. The summed E-state index contributed by atoms with van der Waals surface area (Å²) in [7, 11) is 3.35. The third-order valence-electron chi connectivity index (χ3n) is 3.76. The van der Waals surface area contributed by atoms with Crippen molar-refractivity contribution in [2.75, 3.05) is 7.11 Å². The van der Waals surface area contributed by atoms with E-state index in [1.807, 2.05) is 25.1 Å². The van der Waals surface area contributed by atoms with Crippen molar-refractivity contribution >= 4 is 31.9 Å². The molecule has 3 rings (SSSR count). The zero-order valence-electron chi connectivity index (χ0n) is 13.4. The van der Waals surface area contributed by atoms with E-state index in [1.165, 1.54) is 0 Å². The zero-order valence-corrected chi connectivity index (χ0v) is 16.6. The molecule has 0 amide bonds. The highest BCUT2D eigenvalue weighted by Crippen LogP contribution is 2.35. The summed E-state index contributed by atoms with van der Waals surface area (Å²) in [4.78, 5) is 21.6. The first-order valence-corrected chi connectivity index (χ1v) is 8.84. The standard InChI is InChI=1S/C17H15Br2N3O2/c1-9-20-14-4-5-22(2)17(23)11(15(14)21-9)6-10-7-12(18)16(24-3)13(19)8-10/h4-5,7-8H,6H2,1-3H3. The highest BCUT2D eigenvalue weighted by Gasteiger charge is 2.18. The quantitative estimate of drug-likeness (QED) is 0.607. The summed E-state index contributed by atoms with van der Waals surface area (Å²) >= 11 is 7.00. The minimum Gasteiger partial charge on any atom is -0.494 e. The molecule has 2 aliphatic rings. The number of benzene rings is 1. The molecule has 0 saturated carbocycles. The van der Waals surface area contributed by atoms with Gasteiger partial charge in [0, 0.05) is 25.2 Å². The van der Waals surface area contributed by atoms with Crippen molar-refractivity contribution in [3.8, 4) is 17.1 Å². The average Bonchev–Trinajstić information content (AvgIpc) is 2.85. The summed E-state index contributed by atoms with van der Waals surface area (Å²) < 4.78 is 8.54. The number of halogens is 2. The van der Waals surface area contributed by atoms with Gasteiger partial charge in [-0.05, 0) is 62.5 Å². The van der Waals surface area contributed by atoms with Crippen LogP contribution in [0.15, 0.2) is 38.1 Å². The lowest BCUT2D eigenvalue weighted by Crippen LogP contribution is -2.18. The number of aromatic nitrogens is 3. The van der Waals surface area contributed by atoms with Crippen LogP contribution in [0, 0.1) is 6.92 Å². The fraction of sp³-hybridized carbons (Fsp3) is 0.235. The molecule has 0 bridgehead atoms. The van der Waals surface area contributed by atoms with Gasteiger partial charge in [-0.15, -0.1) is 0 Å². The Bertz CT molecular complexity index is 930. The minimum atomic E-state index is -0.0760. The molecule has 24 heavy (non-hydrogen) atoms. The van der Waals surface area contributed by atoms with Gasteiger partial charge in [0.1, 0.15) is 11.6 Å². The molecule has 0 atom stereocenters. The smallest absolute Gasteiger partial charge is 0.256 e. The highest BCUT2D eigenvalue weighted by molar-refractivity contribution is 9.11. The van der Waals surface area contributed by atoms with Gasteiger partial charge in [-0.2, -0.15) is 0 Å². The van der Waals surface area contributed by atoms with E-state index in [4.69, 9.17) is 4.74 Å². The molecule has 1 aromatic rings. The molecule has 0 spiro atoms. The summed E-state index contributed by atoms with van der Waals surface area (Å²) in [6.07, 6.45) is 2.18. The van der Waals surface area contributed by atoms with Crippen molar-refractivity contribution in [2.24, 2.45) is 7.05 Å². The molecular weight excluding hydrogens is 438 g/mol. The Kier molecular flexibility index (Phi) is 4.73. The van der Waals surface area contributed by atoms with E-state index < -0.39 is 0 Å². The Labute approximate surface area is 156 Å².